The minimum atomic E-state index is -0.271. The van der Waals surface area contributed by atoms with Crippen LogP contribution in [0.25, 0.3) is 5.57 Å². The molecule has 0 bridgehead atoms. The van der Waals surface area contributed by atoms with Crippen molar-refractivity contribution in [3.05, 3.63) is 101 Å². The summed E-state index contributed by atoms with van der Waals surface area (Å²) in [4.78, 5) is 31.0. The lowest BCUT2D eigenvalue weighted by molar-refractivity contribution is -0.119. The molecule has 0 unspecified atom stereocenters. The van der Waals surface area contributed by atoms with Crippen molar-refractivity contribution in [3.63, 3.8) is 0 Å². The Morgan fingerprint density at radius 1 is 0.750 bits per heavy atom. The number of hydrogen-bond acceptors (Lipinski definition) is 4. The molecule has 0 aliphatic carbocycles. The van der Waals surface area contributed by atoms with E-state index in [9.17, 15) is 9.59 Å². The van der Waals surface area contributed by atoms with E-state index >= 15 is 0 Å². The first-order chi connectivity index (χ1) is 15.6. The minimum Gasteiger partial charge on any atom is -0.372 e. The van der Waals surface area contributed by atoms with Crippen molar-refractivity contribution in [1.82, 2.24) is 0 Å². The van der Waals surface area contributed by atoms with Gasteiger partial charge in [-0.15, -0.1) is 11.8 Å². The highest BCUT2D eigenvalue weighted by Gasteiger charge is 2.40. The number of anilines is 2. The van der Waals surface area contributed by atoms with Crippen LogP contribution in [0.1, 0.15) is 25.0 Å². The molecule has 3 aromatic carbocycles. The van der Waals surface area contributed by atoms with Crippen molar-refractivity contribution in [2.45, 2.75) is 19.6 Å². The molecule has 1 heterocycles. The second-order valence-corrected chi connectivity index (χ2v) is 8.46. The Balaban J connectivity index is 1.67. The molecular formula is C27H26N2O2S. The number of nitrogens with zero attached hydrogens (tertiary/aromatic N) is 2. The Morgan fingerprint density at radius 2 is 1.34 bits per heavy atom. The number of carbonyl (C=O) groups excluding carboxylic acids is 2. The third-order valence-corrected chi connectivity index (χ3v) is 6.71. The van der Waals surface area contributed by atoms with Gasteiger partial charge < -0.3 is 4.90 Å². The van der Waals surface area contributed by atoms with E-state index in [4.69, 9.17) is 0 Å². The van der Waals surface area contributed by atoms with Crippen LogP contribution in [0.5, 0.6) is 0 Å². The number of carbonyl (C=O) groups is 2. The summed E-state index contributed by atoms with van der Waals surface area (Å²) < 4.78 is 0. The van der Waals surface area contributed by atoms with Gasteiger partial charge in [-0.2, -0.15) is 0 Å². The zero-order valence-electron chi connectivity index (χ0n) is 18.3. The van der Waals surface area contributed by atoms with Crippen LogP contribution in [0.4, 0.5) is 11.4 Å². The molecule has 0 atom stereocenters. The summed E-state index contributed by atoms with van der Waals surface area (Å²) in [5.41, 5.74) is 4.03. The fourth-order valence-corrected chi connectivity index (χ4v) is 4.94. The Bertz CT molecular complexity index is 1120. The van der Waals surface area contributed by atoms with Gasteiger partial charge in [0, 0.05) is 24.5 Å². The third kappa shape index (κ3) is 4.34. The van der Waals surface area contributed by atoms with Crippen LogP contribution in [0, 0.1) is 0 Å². The number of amides is 2. The highest BCUT2D eigenvalue weighted by molar-refractivity contribution is 8.03. The Hall–Kier alpha value is -3.31. The third-order valence-electron chi connectivity index (χ3n) is 5.57. The molecular weight excluding hydrogens is 416 g/mol. The smallest absolute Gasteiger partial charge is 0.272 e. The molecule has 1 aliphatic rings. The van der Waals surface area contributed by atoms with Crippen LogP contribution in [0.15, 0.2) is 89.8 Å². The molecule has 5 heteroatoms. The lowest BCUT2D eigenvalue weighted by atomic mass is 10.1. The number of imide groups is 1. The van der Waals surface area contributed by atoms with Gasteiger partial charge in [-0.1, -0.05) is 60.7 Å². The molecule has 0 N–H and O–H groups in total. The SMILES string of the molecule is CCN(CC)c1ccc(N2C(=O)C(SCc3ccccc3)=C(c3ccccc3)C2=O)cc1. The molecule has 0 saturated heterocycles. The highest BCUT2D eigenvalue weighted by atomic mass is 32.2. The average Bonchev–Trinajstić information content (AvgIpc) is 3.09. The van der Waals surface area contributed by atoms with Crippen LogP contribution in [-0.4, -0.2) is 24.9 Å². The highest BCUT2D eigenvalue weighted by Crippen LogP contribution is 2.39. The van der Waals surface area contributed by atoms with Crippen molar-refractivity contribution in [2.75, 3.05) is 22.9 Å². The molecule has 0 aromatic heterocycles. The first kappa shape index (κ1) is 21.9. The largest absolute Gasteiger partial charge is 0.372 e. The van der Waals surface area contributed by atoms with Gasteiger partial charge in [0.1, 0.15) is 0 Å². The maximum Gasteiger partial charge on any atom is 0.272 e. The van der Waals surface area contributed by atoms with Crippen molar-refractivity contribution >= 4 is 40.5 Å². The zero-order valence-corrected chi connectivity index (χ0v) is 19.1. The van der Waals surface area contributed by atoms with E-state index in [2.05, 4.69) is 18.7 Å². The maximum atomic E-state index is 13.5. The average molecular weight is 443 g/mol. The molecule has 0 radical (unpaired) electrons. The molecule has 162 valence electrons. The summed E-state index contributed by atoms with van der Waals surface area (Å²) in [6.45, 7) is 6.02. The van der Waals surface area contributed by atoms with E-state index in [-0.39, 0.29) is 11.8 Å². The zero-order chi connectivity index (χ0) is 22.5. The number of rotatable bonds is 8. The van der Waals surface area contributed by atoms with Gasteiger partial charge in [-0.05, 0) is 49.2 Å². The van der Waals surface area contributed by atoms with E-state index in [1.165, 1.54) is 16.7 Å². The maximum absolute atomic E-state index is 13.5. The van der Waals surface area contributed by atoms with Crippen LogP contribution >= 0.6 is 11.8 Å². The second-order valence-electron chi connectivity index (χ2n) is 7.48. The van der Waals surface area contributed by atoms with Crippen molar-refractivity contribution in [1.29, 1.82) is 0 Å². The van der Waals surface area contributed by atoms with Gasteiger partial charge in [0.2, 0.25) is 0 Å². The van der Waals surface area contributed by atoms with E-state index in [0.29, 0.717) is 21.9 Å². The van der Waals surface area contributed by atoms with Crippen LogP contribution in [0.3, 0.4) is 0 Å². The van der Waals surface area contributed by atoms with E-state index in [0.717, 1.165) is 29.9 Å². The van der Waals surface area contributed by atoms with Gasteiger partial charge in [0.15, 0.2) is 0 Å². The fraction of sp³-hybridized carbons (Fsp3) is 0.185. The molecule has 0 spiro atoms. The molecule has 0 saturated carbocycles. The van der Waals surface area contributed by atoms with Crippen molar-refractivity contribution in [3.8, 4) is 0 Å². The molecule has 0 fully saturated rings. The van der Waals surface area contributed by atoms with E-state index < -0.39 is 0 Å². The van der Waals surface area contributed by atoms with E-state index in [1.54, 1.807) is 0 Å². The molecule has 4 nitrogen and oxygen atoms in total. The summed E-state index contributed by atoms with van der Waals surface area (Å²) in [6.07, 6.45) is 0. The number of thioether (sulfide) groups is 1. The van der Waals surface area contributed by atoms with Crippen LogP contribution in [0.2, 0.25) is 0 Å². The fourth-order valence-electron chi connectivity index (χ4n) is 3.87. The standard InChI is InChI=1S/C27H26N2O2S/c1-3-28(4-2)22-15-17-23(18-16-22)29-26(30)24(21-13-9-6-10-14-21)25(27(29)31)32-19-20-11-7-5-8-12-20/h5-18H,3-4,19H2,1-2H3. The van der Waals surface area contributed by atoms with Crippen LogP contribution in [-0.2, 0) is 15.3 Å². The summed E-state index contributed by atoms with van der Waals surface area (Å²) in [7, 11) is 0. The Kier molecular flexibility index (Phi) is 6.76. The molecule has 3 aromatic rings. The topological polar surface area (TPSA) is 40.6 Å². The summed E-state index contributed by atoms with van der Waals surface area (Å²) in [6, 6.07) is 27.1. The predicted molar refractivity (Wildman–Crippen MR) is 134 cm³/mol. The lowest BCUT2D eigenvalue weighted by Gasteiger charge is -2.22. The van der Waals surface area contributed by atoms with Gasteiger partial charge in [-0.25, -0.2) is 4.90 Å². The normalized spacial score (nSPS) is 13.8. The monoisotopic (exact) mass is 442 g/mol. The lowest BCUT2D eigenvalue weighted by Crippen LogP contribution is -2.31. The summed E-state index contributed by atoms with van der Waals surface area (Å²) >= 11 is 1.42. The second kappa shape index (κ2) is 9.88. The molecule has 2 amide bonds. The predicted octanol–water partition coefficient (Wildman–Crippen LogP) is 5.75. The van der Waals surface area contributed by atoms with E-state index in [1.807, 2.05) is 84.9 Å². The van der Waals surface area contributed by atoms with Gasteiger partial charge in [-0.3, -0.25) is 9.59 Å². The van der Waals surface area contributed by atoms with Gasteiger partial charge in [0.25, 0.3) is 11.8 Å². The quantitative estimate of drug-likeness (QED) is 0.417. The molecule has 1 aliphatic heterocycles. The number of hydrogen-bond donors (Lipinski definition) is 0. The minimum absolute atomic E-state index is 0.259. The number of benzene rings is 3. The van der Waals surface area contributed by atoms with Crippen molar-refractivity contribution < 1.29 is 9.59 Å². The Morgan fingerprint density at radius 3 is 1.94 bits per heavy atom. The summed E-state index contributed by atoms with van der Waals surface area (Å²) in [5, 5.41) is 0. The first-order valence-electron chi connectivity index (χ1n) is 10.8. The summed E-state index contributed by atoms with van der Waals surface area (Å²) in [5.74, 6) is 0.0954. The molecule has 4 rings (SSSR count). The van der Waals surface area contributed by atoms with Crippen LogP contribution < -0.4 is 9.80 Å². The Labute approximate surface area is 193 Å². The van der Waals surface area contributed by atoms with Crippen molar-refractivity contribution in [2.24, 2.45) is 0 Å². The van der Waals surface area contributed by atoms with Gasteiger partial charge in [0.05, 0.1) is 16.2 Å². The molecule has 32 heavy (non-hydrogen) atoms. The first-order valence-corrected chi connectivity index (χ1v) is 11.8. The van der Waals surface area contributed by atoms with Gasteiger partial charge >= 0.3 is 0 Å².